The molecule has 0 saturated carbocycles. The molecule has 3 heteroatoms. The number of para-hydroxylation sites is 1. The molecule has 2 aromatic heterocycles. The van der Waals surface area contributed by atoms with Crippen LogP contribution in [0.4, 0.5) is 0 Å². The van der Waals surface area contributed by atoms with Crippen molar-refractivity contribution < 1.29 is 4.52 Å². The molecule has 17 heavy (non-hydrogen) atoms. The second-order valence-corrected chi connectivity index (χ2v) is 4.36. The Labute approximate surface area is 99.6 Å². The van der Waals surface area contributed by atoms with Crippen LogP contribution in [-0.4, -0.2) is 9.72 Å². The Balaban J connectivity index is 2.08. The van der Waals surface area contributed by atoms with E-state index in [1.54, 1.807) is 0 Å². The fourth-order valence-corrected chi connectivity index (χ4v) is 2.21. The molecule has 0 unspecified atom stereocenters. The molecule has 0 N–H and O–H groups in total. The van der Waals surface area contributed by atoms with E-state index < -0.39 is 0 Å². The van der Waals surface area contributed by atoms with Crippen molar-refractivity contribution in [1.29, 1.82) is 0 Å². The molecule has 3 nitrogen and oxygen atoms in total. The first kappa shape index (κ1) is 10.1. The summed E-state index contributed by atoms with van der Waals surface area (Å²) < 4.78 is 7.36. The van der Waals surface area contributed by atoms with Crippen LogP contribution >= 0.6 is 0 Å². The molecule has 0 radical (unpaired) electrons. The van der Waals surface area contributed by atoms with Gasteiger partial charge in [0, 0.05) is 17.3 Å². The Morgan fingerprint density at radius 1 is 1.18 bits per heavy atom. The molecule has 1 aromatic carbocycles. The summed E-state index contributed by atoms with van der Waals surface area (Å²) in [6.07, 6.45) is 0. The van der Waals surface area contributed by atoms with Gasteiger partial charge in [-0.25, -0.2) is 0 Å². The summed E-state index contributed by atoms with van der Waals surface area (Å²) in [5, 5.41) is 5.31. The number of hydrogen-bond acceptors (Lipinski definition) is 2. The zero-order valence-corrected chi connectivity index (χ0v) is 9.97. The third-order valence-corrected chi connectivity index (χ3v) is 3.01. The predicted molar refractivity (Wildman–Crippen MR) is 67.0 cm³/mol. The molecule has 0 saturated heterocycles. The quantitative estimate of drug-likeness (QED) is 0.671. The lowest BCUT2D eigenvalue weighted by atomic mass is 10.2. The van der Waals surface area contributed by atoms with Gasteiger partial charge in [-0.05, 0) is 31.4 Å². The molecule has 0 fully saturated rings. The van der Waals surface area contributed by atoms with Crippen LogP contribution in [0.2, 0.25) is 0 Å². The van der Waals surface area contributed by atoms with Crippen molar-refractivity contribution in [2.24, 2.45) is 0 Å². The first-order chi connectivity index (χ1) is 8.24. The molecule has 0 aliphatic rings. The van der Waals surface area contributed by atoms with E-state index in [0.717, 1.165) is 18.0 Å². The third kappa shape index (κ3) is 1.73. The summed E-state index contributed by atoms with van der Waals surface area (Å²) in [6, 6.07) is 12.6. The van der Waals surface area contributed by atoms with Gasteiger partial charge < -0.3 is 9.09 Å². The molecule has 0 aliphatic heterocycles. The minimum atomic E-state index is 0.761. The highest BCUT2D eigenvalue weighted by molar-refractivity contribution is 5.81. The number of rotatable bonds is 2. The monoisotopic (exact) mass is 226 g/mol. The largest absolute Gasteiger partial charge is 0.361 e. The van der Waals surface area contributed by atoms with Gasteiger partial charge in [-0.3, -0.25) is 0 Å². The molecular formula is C14H14N2O. The van der Waals surface area contributed by atoms with Crippen molar-refractivity contribution in [3.05, 3.63) is 53.5 Å². The maximum atomic E-state index is 5.10. The van der Waals surface area contributed by atoms with Crippen LogP contribution in [0.25, 0.3) is 10.9 Å². The number of benzene rings is 1. The molecule has 0 amide bonds. The lowest BCUT2D eigenvalue weighted by molar-refractivity contribution is 0.389. The zero-order valence-electron chi connectivity index (χ0n) is 9.97. The maximum absolute atomic E-state index is 5.10. The van der Waals surface area contributed by atoms with Crippen LogP contribution in [0.5, 0.6) is 0 Å². The van der Waals surface area contributed by atoms with Gasteiger partial charge in [0.1, 0.15) is 11.5 Å². The van der Waals surface area contributed by atoms with Crippen molar-refractivity contribution >= 4 is 10.9 Å². The normalized spacial score (nSPS) is 11.2. The number of aromatic nitrogens is 2. The standard InChI is InChI=1S/C14H14N2O/c1-10-7-12-5-3-4-6-14(12)16(10)9-13-8-11(2)17-15-13/h3-8H,9H2,1-2H3. The van der Waals surface area contributed by atoms with Crippen LogP contribution in [0.3, 0.4) is 0 Å². The lowest BCUT2D eigenvalue weighted by Crippen LogP contribution is -2.01. The van der Waals surface area contributed by atoms with Crippen molar-refractivity contribution in [3.8, 4) is 0 Å². The van der Waals surface area contributed by atoms with Crippen LogP contribution in [-0.2, 0) is 6.54 Å². The van der Waals surface area contributed by atoms with E-state index in [1.165, 1.54) is 16.6 Å². The van der Waals surface area contributed by atoms with Crippen LogP contribution in [0, 0.1) is 13.8 Å². The Kier molecular flexibility index (Phi) is 2.25. The minimum Gasteiger partial charge on any atom is -0.361 e. The van der Waals surface area contributed by atoms with E-state index in [1.807, 2.05) is 13.0 Å². The SMILES string of the molecule is Cc1cc(Cn2c(C)cc3ccccc32)no1. The summed E-state index contributed by atoms with van der Waals surface area (Å²) in [6.45, 7) is 4.79. The number of nitrogens with zero attached hydrogens (tertiary/aromatic N) is 2. The summed E-state index contributed by atoms with van der Waals surface area (Å²) in [4.78, 5) is 0. The number of aryl methyl sites for hydroxylation is 2. The fraction of sp³-hybridized carbons (Fsp3) is 0.214. The van der Waals surface area contributed by atoms with Gasteiger partial charge in [-0.15, -0.1) is 0 Å². The van der Waals surface area contributed by atoms with Gasteiger partial charge in [0.05, 0.1) is 6.54 Å². The summed E-state index contributed by atoms with van der Waals surface area (Å²) >= 11 is 0. The molecule has 0 bridgehead atoms. The van der Waals surface area contributed by atoms with E-state index in [9.17, 15) is 0 Å². The average molecular weight is 226 g/mol. The zero-order chi connectivity index (χ0) is 11.8. The fourth-order valence-electron chi connectivity index (χ4n) is 2.21. The van der Waals surface area contributed by atoms with Gasteiger partial charge in [-0.2, -0.15) is 0 Å². The highest BCUT2D eigenvalue weighted by Crippen LogP contribution is 2.20. The molecule has 3 rings (SSSR count). The number of hydrogen-bond donors (Lipinski definition) is 0. The van der Waals surface area contributed by atoms with Crippen molar-refractivity contribution in [3.63, 3.8) is 0 Å². The van der Waals surface area contributed by atoms with Gasteiger partial charge in [0.25, 0.3) is 0 Å². The highest BCUT2D eigenvalue weighted by atomic mass is 16.5. The first-order valence-electron chi connectivity index (χ1n) is 5.71. The molecular weight excluding hydrogens is 212 g/mol. The third-order valence-electron chi connectivity index (χ3n) is 3.01. The lowest BCUT2D eigenvalue weighted by Gasteiger charge is -2.05. The molecule has 86 valence electrons. The molecule has 2 heterocycles. The predicted octanol–water partition coefficient (Wildman–Crippen LogP) is 3.29. The Morgan fingerprint density at radius 2 is 2.00 bits per heavy atom. The van der Waals surface area contributed by atoms with Gasteiger partial charge in [0.2, 0.25) is 0 Å². The summed E-state index contributed by atoms with van der Waals surface area (Å²) in [5.41, 5.74) is 3.45. The summed E-state index contributed by atoms with van der Waals surface area (Å²) in [5.74, 6) is 0.856. The Morgan fingerprint density at radius 3 is 2.76 bits per heavy atom. The molecule has 0 spiro atoms. The minimum absolute atomic E-state index is 0.761. The second kappa shape index (κ2) is 3.77. The molecule has 0 atom stereocenters. The van der Waals surface area contributed by atoms with Gasteiger partial charge in [-0.1, -0.05) is 23.4 Å². The van der Waals surface area contributed by atoms with E-state index in [-0.39, 0.29) is 0 Å². The van der Waals surface area contributed by atoms with Gasteiger partial charge in [0.15, 0.2) is 0 Å². The van der Waals surface area contributed by atoms with E-state index in [0.29, 0.717) is 0 Å². The smallest absolute Gasteiger partial charge is 0.133 e. The van der Waals surface area contributed by atoms with Crippen LogP contribution in [0.15, 0.2) is 40.9 Å². The van der Waals surface area contributed by atoms with Crippen LogP contribution < -0.4 is 0 Å². The Hall–Kier alpha value is -2.03. The average Bonchev–Trinajstić information content (AvgIpc) is 2.85. The topological polar surface area (TPSA) is 31.0 Å². The van der Waals surface area contributed by atoms with Gasteiger partial charge >= 0.3 is 0 Å². The molecule has 0 aliphatic carbocycles. The van der Waals surface area contributed by atoms with E-state index in [2.05, 4.69) is 47.0 Å². The van der Waals surface area contributed by atoms with E-state index in [4.69, 9.17) is 4.52 Å². The summed E-state index contributed by atoms with van der Waals surface area (Å²) in [7, 11) is 0. The maximum Gasteiger partial charge on any atom is 0.133 e. The van der Waals surface area contributed by atoms with Crippen molar-refractivity contribution in [2.45, 2.75) is 20.4 Å². The Bertz CT molecular complexity index is 664. The van der Waals surface area contributed by atoms with Crippen LogP contribution in [0.1, 0.15) is 17.1 Å². The van der Waals surface area contributed by atoms with E-state index >= 15 is 0 Å². The molecule has 3 aromatic rings. The first-order valence-corrected chi connectivity index (χ1v) is 5.71. The second-order valence-electron chi connectivity index (χ2n) is 4.36. The van der Waals surface area contributed by atoms with Crippen molar-refractivity contribution in [2.75, 3.05) is 0 Å². The van der Waals surface area contributed by atoms with Crippen molar-refractivity contribution in [1.82, 2.24) is 9.72 Å². The number of fused-ring (bicyclic) bond motifs is 1. The highest BCUT2D eigenvalue weighted by Gasteiger charge is 2.07.